The molecule has 0 atom stereocenters. The number of hydrogen-bond donors (Lipinski definition) is 1. The van der Waals surface area contributed by atoms with Crippen molar-refractivity contribution in [3.63, 3.8) is 0 Å². The van der Waals surface area contributed by atoms with Crippen molar-refractivity contribution in [2.45, 2.75) is 20.4 Å². The van der Waals surface area contributed by atoms with Gasteiger partial charge in [0.2, 0.25) is 11.9 Å². The minimum absolute atomic E-state index is 0.137. The van der Waals surface area contributed by atoms with E-state index in [0.717, 1.165) is 32.0 Å². The molecule has 3 rings (SSSR count). The van der Waals surface area contributed by atoms with Crippen LogP contribution in [-0.2, 0) is 11.3 Å². The summed E-state index contributed by atoms with van der Waals surface area (Å²) >= 11 is 0. The predicted molar refractivity (Wildman–Crippen MR) is 95.0 cm³/mol. The molecule has 0 spiro atoms. The maximum atomic E-state index is 11.4. The third kappa shape index (κ3) is 3.82. The smallest absolute Gasteiger partial charge is 0.224 e. The van der Waals surface area contributed by atoms with Gasteiger partial charge in [-0.25, -0.2) is 4.98 Å². The zero-order valence-corrected chi connectivity index (χ0v) is 14.2. The zero-order chi connectivity index (χ0) is 16.9. The molecule has 1 N–H and O–H groups in total. The van der Waals surface area contributed by atoms with Crippen LogP contribution in [0.3, 0.4) is 0 Å². The molecular formula is C18H23N5O. The number of carbonyl (C=O) groups excluding carboxylic acids is 1. The lowest BCUT2D eigenvalue weighted by Crippen LogP contribution is -2.48. The summed E-state index contributed by atoms with van der Waals surface area (Å²) in [6, 6.07) is 10.2. The Balaban J connectivity index is 1.62. The SMILES string of the molecule is CC(=O)N1CCN(c2ccnc(NCc3ccccc3C)n2)CC1. The van der Waals surface area contributed by atoms with Gasteiger partial charge in [0.15, 0.2) is 0 Å². The maximum absolute atomic E-state index is 11.4. The van der Waals surface area contributed by atoms with Crippen molar-refractivity contribution < 1.29 is 4.79 Å². The first kappa shape index (κ1) is 16.2. The Kier molecular flexibility index (Phi) is 4.93. The van der Waals surface area contributed by atoms with Crippen LogP contribution in [0.1, 0.15) is 18.1 Å². The number of carbonyl (C=O) groups is 1. The van der Waals surface area contributed by atoms with Gasteiger partial charge in [-0.15, -0.1) is 0 Å². The van der Waals surface area contributed by atoms with E-state index in [0.29, 0.717) is 12.5 Å². The Hall–Kier alpha value is -2.63. The lowest BCUT2D eigenvalue weighted by atomic mass is 10.1. The fraction of sp³-hybridized carbons (Fsp3) is 0.389. The van der Waals surface area contributed by atoms with E-state index in [9.17, 15) is 4.79 Å². The van der Waals surface area contributed by atoms with Gasteiger partial charge in [-0.3, -0.25) is 4.79 Å². The van der Waals surface area contributed by atoms with E-state index < -0.39 is 0 Å². The van der Waals surface area contributed by atoms with E-state index in [1.807, 2.05) is 23.1 Å². The third-order valence-electron chi connectivity index (χ3n) is 4.39. The van der Waals surface area contributed by atoms with Gasteiger partial charge in [-0.05, 0) is 24.1 Å². The van der Waals surface area contributed by atoms with Crippen molar-refractivity contribution >= 4 is 17.7 Å². The van der Waals surface area contributed by atoms with E-state index in [-0.39, 0.29) is 5.91 Å². The lowest BCUT2D eigenvalue weighted by molar-refractivity contribution is -0.129. The highest BCUT2D eigenvalue weighted by Gasteiger charge is 2.19. The third-order valence-corrected chi connectivity index (χ3v) is 4.39. The first-order valence-corrected chi connectivity index (χ1v) is 8.25. The fourth-order valence-electron chi connectivity index (χ4n) is 2.84. The van der Waals surface area contributed by atoms with Crippen molar-refractivity contribution in [3.05, 3.63) is 47.7 Å². The topological polar surface area (TPSA) is 61.4 Å². The molecule has 2 heterocycles. The summed E-state index contributed by atoms with van der Waals surface area (Å²) in [6.07, 6.45) is 1.78. The number of hydrogen-bond acceptors (Lipinski definition) is 5. The molecule has 0 radical (unpaired) electrons. The van der Waals surface area contributed by atoms with E-state index in [4.69, 9.17) is 0 Å². The van der Waals surface area contributed by atoms with Crippen LogP contribution in [0.5, 0.6) is 0 Å². The number of nitrogens with one attached hydrogen (secondary N) is 1. The molecule has 1 saturated heterocycles. The minimum atomic E-state index is 0.137. The van der Waals surface area contributed by atoms with Crippen LogP contribution in [0.15, 0.2) is 36.5 Å². The molecule has 0 bridgehead atoms. The van der Waals surface area contributed by atoms with E-state index in [2.05, 4.69) is 39.2 Å². The number of anilines is 2. The maximum Gasteiger partial charge on any atom is 0.224 e. The second kappa shape index (κ2) is 7.29. The van der Waals surface area contributed by atoms with Gasteiger partial charge in [0.05, 0.1) is 0 Å². The molecule has 1 aliphatic rings. The molecular weight excluding hydrogens is 302 g/mol. The Bertz CT molecular complexity index is 710. The van der Waals surface area contributed by atoms with Crippen molar-refractivity contribution in [1.29, 1.82) is 0 Å². The highest BCUT2D eigenvalue weighted by molar-refractivity contribution is 5.73. The summed E-state index contributed by atoms with van der Waals surface area (Å²) in [4.78, 5) is 24.4. The van der Waals surface area contributed by atoms with Crippen molar-refractivity contribution in [3.8, 4) is 0 Å². The molecule has 1 amide bonds. The van der Waals surface area contributed by atoms with Gasteiger partial charge in [-0.1, -0.05) is 24.3 Å². The quantitative estimate of drug-likeness (QED) is 0.932. The standard InChI is InChI=1S/C18H23N5O/c1-14-5-3-4-6-16(14)13-20-18-19-8-7-17(21-18)23-11-9-22(10-12-23)15(2)24/h3-8H,9-13H2,1-2H3,(H,19,20,21). The zero-order valence-electron chi connectivity index (χ0n) is 14.2. The average molecular weight is 325 g/mol. The van der Waals surface area contributed by atoms with Crippen molar-refractivity contribution in [2.75, 3.05) is 36.4 Å². The van der Waals surface area contributed by atoms with Crippen molar-refractivity contribution in [2.24, 2.45) is 0 Å². The van der Waals surface area contributed by atoms with Crippen LogP contribution in [0, 0.1) is 6.92 Å². The number of nitrogens with zero attached hydrogens (tertiary/aromatic N) is 4. The van der Waals surface area contributed by atoms with Crippen LogP contribution in [0.4, 0.5) is 11.8 Å². The van der Waals surface area contributed by atoms with Gasteiger partial charge in [0.1, 0.15) is 5.82 Å². The second-order valence-corrected chi connectivity index (χ2v) is 6.01. The molecule has 2 aromatic rings. The molecule has 1 aromatic heterocycles. The number of amides is 1. The highest BCUT2D eigenvalue weighted by Crippen LogP contribution is 2.16. The molecule has 126 valence electrons. The first-order valence-electron chi connectivity index (χ1n) is 8.25. The minimum Gasteiger partial charge on any atom is -0.353 e. The highest BCUT2D eigenvalue weighted by atomic mass is 16.2. The van der Waals surface area contributed by atoms with E-state index >= 15 is 0 Å². The molecule has 1 aromatic carbocycles. The summed E-state index contributed by atoms with van der Waals surface area (Å²) in [5.41, 5.74) is 2.49. The summed E-state index contributed by atoms with van der Waals surface area (Å²) in [5.74, 6) is 1.67. The molecule has 1 aliphatic heterocycles. The Morgan fingerprint density at radius 3 is 2.62 bits per heavy atom. The average Bonchev–Trinajstić information content (AvgIpc) is 2.61. The van der Waals surface area contributed by atoms with Crippen LogP contribution >= 0.6 is 0 Å². The molecule has 6 heteroatoms. The van der Waals surface area contributed by atoms with Gasteiger partial charge >= 0.3 is 0 Å². The molecule has 0 saturated carbocycles. The number of benzene rings is 1. The number of rotatable bonds is 4. The largest absolute Gasteiger partial charge is 0.353 e. The van der Waals surface area contributed by atoms with Crippen LogP contribution in [-0.4, -0.2) is 47.0 Å². The van der Waals surface area contributed by atoms with Crippen molar-refractivity contribution in [1.82, 2.24) is 14.9 Å². The van der Waals surface area contributed by atoms with Gasteiger partial charge in [0, 0.05) is 45.8 Å². The number of aryl methyl sites for hydroxylation is 1. The molecule has 1 fully saturated rings. The van der Waals surface area contributed by atoms with Gasteiger partial charge in [0.25, 0.3) is 0 Å². The summed E-state index contributed by atoms with van der Waals surface area (Å²) in [5, 5.41) is 3.29. The van der Waals surface area contributed by atoms with E-state index in [1.54, 1.807) is 13.1 Å². The lowest BCUT2D eigenvalue weighted by Gasteiger charge is -2.34. The Morgan fingerprint density at radius 1 is 1.17 bits per heavy atom. The molecule has 24 heavy (non-hydrogen) atoms. The number of piperazine rings is 1. The van der Waals surface area contributed by atoms with Gasteiger partial charge < -0.3 is 15.1 Å². The summed E-state index contributed by atoms with van der Waals surface area (Å²) < 4.78 is 0. The normalized spacial score (nSPS) is 14.6. The van der Waals surface area contributed by atoms with Crippen LogP contribution < -0.4 is 10.2 Å². The van der Waals surface area contributed by atoms with Crippen LogP contribution in [0.2, 0.25) is 0 Å². The number of aromatic nitrogens is 2. The van der Waals surface area contributed by atoms with Gasteiger partial charge in [-0.2, -0.15) is 4.98 Å². The fourth-order valence-corrected chi connectivity index (χ4v) is 2.84. The molecule has 0 aliphatic carbocycles. The van der Waals surface area contributed by atoms with Crippen LogP contribution in [0.25, 0.3) is 0 Å². The first-order chi connectivity index (χ1) is 11.6. The predicted octanol–water partition coefficient (Wildman–Crippen LogP) is 2.07. The Labute approximate surface area is 142 Å². The molecule has 6 nitrogen and oxygen atoms in total. The van der Waals surface area contributed by atoms with E-state index in [1.165, 1.54) is 11.1 Å². The second-order valence-electron chi connectivity index (χ2n) is 6.01. The monoisotopic (exact) mass is 325 g/mol. The summed E-state index contributed by atoms with van der Waals surface area (Å²) in [7, 11) is 0. The summed E-state index contributed by atoms with van der Waals surface area (Å²) in [6.45, 7) is 7.50. The Morgan fingerprint density at radius 2 is 1.92 bits per heavy atom. The molecule has 0 unspecified atom stereocenters.